The Labute approximate surface area is 264 Å². The fourth-order valence-electron chi connectivity index (χ4n) is 6.15. The van der Waals surface area contributed by atoms with E-state index >= 15 is 0 Å². The Hall–Kier alpha value is -3.26. The van der Waals surface area contributed by atoms with Crippen LogP contribution in [0.2, 0.25) is 0 Å². The van der Waals surface area contributed by atoms with E-state index in [0.717, 1.165) is 42.5 Å². The van der Waals surface area contributed by atoms with Crippen molar-refractivity contribution in [1.82, 2.24) is 20.4 Å². The van der Waals surface area contributed by atoms with Crippen molar-refractivity contribution in [3.05, 3.63) is 112 Å². The molecule has 2 aliphatic heterocycles. The van der Waals surface area contributed by atoms with E-state index in [4.69, 9.17) is 0 Å². The van der Waals surface area contributed by atoms with Crippen LogP contribution in [0, 0.1) is 0 Å². The third-order valence-corrected chi connectivity index (χ3v) is 9.13. The Kier molecular flexibility index (Phi) is 11.6. The van der Waals surface area contributed by atoms with Gasteiger partial charge in [-0.2, -0.15) is 0 Å². The van der Waals surface area contributed by atoms with E-state index < -0.39 is 0 Å². The normalized spacial score (nSPS) is 20.0. The minimum atomic E-state index is -0.281. The standard InChI is InChI=1S/C36H43BrN4O2/c37-31-17-14-28(15-18-31)16-19-35(42)38-26-32-20-25-41(36(43)34(39-32)21-24-40-22-8-3-9-23-40)27-33(29-10-4-1-5-11-29)30-12-6-2-7-13-30/h1-2,4-7,10-19,32-34,39H,3,8-9,20-27H2,(H,38,42)/b19-16+/t32-,34-/m0/s1. The van der Waals surface area contributed by atoms with Crippen LogP contribution in [-0.2, 0) is 9.59 Å². The molecule has 2 N–H and O–H groups in total. The molecule has 0 bridgehead atoms. The second-order valence-electron chi connectivity index (χ2n) is 11.7. The Morgan fingerprint density at radius 2 is 1.56 bits per heavy atom. The molecule has 2 saturated heterocycles. The Morgan fingerprint density at radius 3 is 2.21 bits per heavy atom. The number of nitrogens with zero attached hydrogens (tertiary/aromatic N) is 2. The molecule has 3 aromatic carbocycles. The molecule has 6 nitrogen and oxygen atoms in total. The summed E-state index contributed by atoms with van der Waals surface area (Å²) in [5.41, 5.74) is 3.39. The molecule has 226 valence electrons. The quantitative estimate of drug-likeness (QED) is 0.258. The molecule has 0 unspecified atom stereocenters. The van der Waals surface area contributed by atoms with Crippen molar-refractivity contribution in [3.63, 3.8) is 0 Å². The molecule has 2 fully saturated rings. The molecule has 0 radical (unpaired) electrons. The number of hydrogen-bond acceptors (Lipinski definition) is 4. The minimum absolute atomic E-state index is 0.0113. The Balaban J connectivity index is 1.28. The van der Waals surface area contributed by atoms with E-state index in [9.17, 15) is 9.59 Å². The fourth-order valence-corrected chi connectivity index (χ4v) is 6.41. The highest BCUT2D eigenvalue weighted by atomic mass is 79.9. The van der Waals surface area contributed by atoms with Gasteiger partial charge in [0, 0.05) is 48.7 Å². The molecule has 0 spiro atoms. The summed E-state index contributed by atoms with van der Waals surface area (Å²) in [6, 6.07) is 28.6. The maximum atomic E-state index is 14.1. The number of likely N-dealkylation sites (tertiary alicyclic amines) is 1. The molecule has 0 aromatic heterocycles. The molecular weight excluding hydrogens is 600 g/mol. The molecule has 3 aromatic rings. The molecular formula is C36H43BrN4O2. The van der Waals surface area contributed by atoms with Gasteiger partial charge in [-0.3, -0.25) is 9.59 Å². The third kappa shape index (κ3) is 9.36. The average molecular weight is 644 g/mol. The van der Waals surface area contributed by atoms with Crippen LogP contribution in [0.5, 0.6) is 0 Å². The van der Waals surface area contributed by atoms with Crippen LogP contribution in [0.3, 0.4) is 0 Å². The first-order valence-electron chi connectivity index (χ1n) is 15.6. The maximum Gasteiger partial charge on any atom is 0.244 e. The number of benzene rings is 3. The van der Waals surface area contributed by atoms with Gasteiger partial charge in [0.05, 0.1) is 6.04 Å². The first-order chi connectivity index (χ1) is 21.0. The van der Waals surface area contributed by atoms with Crippen molar-refractivity contribution >= 4 is 33.8 Å². The first kappa shape index (κ1) is 31.2. The zero-order valence-electron chi connectivity index (χ0n) is 24.8. The molecule has 5 rings (SSSR count). The zero-order chi connectivity index (χ0) is 29.9. The van der Waals surface area contributed by atoms with Crippen molar-refractivity contribution in [2.75, 3.05) is 39.3 Å². The molecule has 0 saturated carbocycles. The maximum absolute atomic E-state index is 14.1. The van der Waals surface area contributed by atoms with Crippen molar-refractivity contribution in [1.29, 1.82) is 0 Å². The molecule has 2 atom stereocenters. The van der Waals surface area contributed by atoms with Crippen molar-refractivity contribution < 1.29 is 9.59 Å². The molecule has 2 amide bonds. The van der Waals surface area contributed by atoms with Gasteiger partial charge in [0.15, 0.2) is 0 Å². The SMILES string of the molecule is O=C(/C=C/c1ccc(Br)cc1)NC[C@@H]1CCN(CC(c2ccccc2)c2ccccc2)C(=O)[C@H](CCN2CCCCC2)N1. The predicted molar refractivity (Wildman–Crippen MR) is 178 cm³/mol. The lowest BCUT2D eigenvalue weighted by atomic mass is 9.90. The first-order valence-corrected chi connectivity index (χ1v) is 16.4. The number of carbonyl (C=O) groups excluding carboxylic acids is 2. The number of piperidine rings is 1. The van der Waals surface area contributed by atoms with Crippen LogP contribution in [0.25, 0.3) is 6.08 Å². The molecule has 7 heteroatoms. The number of nitrogens with one attached hydrogen (secondary N) is 2. The summed E-state index contributed by atoms with van der Waals surface area (Å²) in [6.45, 7) is 4.89. The average Bonchev–Trinajstić information content (AvgIpc) is 3.20. The summed E-state index contributed by atoms with van der Waals surface area (Å²) in [5, 5.41) is 6.73. The van der Waals surface area contributed by atoms with Crippen molar-refractivity contribution in [2.45, 2.75) is 50.1 Å². The van der Waals surface area contributed by atoms with Gasteiger partial charge in [0.2, 0.25) is 11.8 Å². The smallest absolute Gasteiger partial charge is 0.244 e. The molecule has 0 aliphatic carbocycles. The lowest BCUT2D eigenvalue weighted by Gasteiger charge is -2.31. The van der Waals surface area contributed by atoms with Crippen LogP contribution in [0.1, 0.15) is 54.7 Å². The largest absolute Gasteiger partial charge is 0.351 e. The number of halogens is 1. The highest BCUT2D eigenvalue weighted by Gasteiger charge is 2.33. The van der Waals surface area contributed by atoms with E-state index in [2.05, 4.69) is 84.9 Å². The topological polar surface area (TPSA) is 64.7 Å². The van der Waals surface area contributed by atoms with E-state index in [1.807, 2.05) is 42.5 Å². The van der Waals surface area contributed by atoms with Crippen molar-refractivity contribution in [3.8, 4) is 0 Å². The lowest BCUT2D eigenvalue weighted by molar-refractivity contribution is -0.133. The molecule has 2 aliphatic rings. The summed E-state index contributed by atoms with van der Waals surface area (Å²) in [7, 11) is 0. The summed E-state index contributed by atoms with van der Waals surface area (Å²) in [5.74, 6) is 0.127. The van der Waals surface area contributed by atoms with Crippen LogP contribution in [0.4, 0.5) is 0 Å². The van der Waals surface area contributed by atoms with E-state index in [-0.39, 0.29) is 29.8 Å². The number of amides is 2. The van der Waals surface area contributed by atoms with Crippen molar-refractivity contribution in [2.24, 2.45) is 0 Å². The van der Waals surface area contributed by atoms with E-state index in [1.54, 1.807) is 6.08 Å². The van der Waals surface area contributed by atoms with E-state index in [1.165, 1.54) is 30.4 Å². The van der Waals surface area contributed by atoms with Gasteiger partial charge in [-0.1, -0.05) is 95.1 Å². The second kappa shape index (κ2) is 16.0. The summed E-state index contributed by atoms with van der Waals surface area (Å²) in [6.07, 6.45) is 8.71. The van der Waals surface area contributed by atoms with Gasteiger partial charge < -0.3 is 20.4 Å². The summed E-state index contributed by atoms with van der Waals surface area (Å²) < 4.78 is 1.01. The van der Waals surface area contributed by atoms with Gasteiger partial charge in [-0.15, -0.1) is 0 Å². The number of hydrogen-bond donors (Lipinski definition) is 2. The predicted octanol–water partition coefficient (Wildman–Crippen LogP) is 5.85. The highest BCUT2D eigenvalue weighted by Crippen LogP contribution is 2.27. The van der Waals surface area contributed by atoms with Gasteiger partial charge in [-0.25, -0.2) is 0 Å². The molecule has 43 heavy (non-hydrogen) atoms. The highest BCUT2D eigenvalue weighted by molar-refractivity contribution is 9.10. The third-order valence-electron chi connectivity index (χ3n) is 8.60. The number of carbonyl (C=O) groups is 2. The fraction of sp³-hybridized carbons (Fsp3) is 0.389. The van der Waals surface area contributed by atoms with Crippen LogP contribution >= 0.6 is 15.9 Å². The zero-order valence-corrected chi connectivity index (χ0v) is 26.4. The van der Waals surface area contributed by atoms with Gasteiger partial charge in [-0.05, 0) is 73.7 Å². The van der Waals surface area contributed by atoms with Gasteiger partial charge in [0.25, 0.3) is 0 Å². The summed E-state index contributed by atoms with van der Waals surface area (Å²) in [4.78, 5) is 31.4. The van der Waals surface area contributed by atoms with E-state index in [0.29, 0.717) is 19.6 Å². The minimum Gasteiger partial charge on any atom is -0.351 e. The van der Waals surface area contributed by atoms with Crippen LogP contribution in [0.15, 0.2) is 95.5 Å². The second-order valence-corrected chi connectivity index (χ2v) is 12.6. The monoisotopic (exact) mass is 642 g/mol. The van der Waals surface area contributed by atoms with Crippen LogP contribution in [-0.4, -0.2) is 73.0 Å². The van der Waals surface area contributed by atoms with Crippen LogP contribution < -0.4 is 10.6 Å². The Bertz CT molecular complexity index is 1290. The Morgan fingerprint density at radius 1 is 0.907 bits per heavy atom. The molecule has 2 heterocycles. The van der Waals surface area contributed by atoms with Gasteiger partial charge in [0.1, 0.15) is 0 Å². The number of rotatable bonds is 11. The lowest BCUT2D eigenvalue weighted by Crippen LogP contribution is -2.50. The summed E-state index contributed by atoms with van der Waals surface area (Å²) >= 11 is 3.44. The van der Waals surface area contributed by atoms with Gasteiger partial charge >= 0.3 is 0 Å².